The van der Waals surface area contributed by atoms with Crippen molar-refractivity contribution in [3.05, 3.63) is 65.5 Å². The van der Waals surface area contributed by atoms with Gasteiger partial charge in [-0.05, 0) is 23.8 Å². The molecule has 27 heavy (non-hydrogen) atoms. The third-order valence-corrected chi connectivity index (χ3v) is 4.78. The zero-order valence-electron chi connectivity index (χ0n) is 15.5. The number of nitrogens with one attached hydrogen (secondary N) is 1. The highest BCUT2D eigenvalue weighted by molar-refractivity contribution is 5.79. The predicted molar refractivity (Wildman–Crippen MR) is 101 cm³/mol. The van der Waals surface area contributed by atoms with Crippen LogP contribution in [0.15, 0.2) is 48.5 Å². The topological polar surface area (TPSA) is 50.8 Å². The quantitative estimate of drug-likeness (QED) is 0.812. The van der Waals surface area contributed by atoms with Crippen LogP contribution in [0.3, 0.4) is 0 Å². The normalized spacial score (nSPS) is 15.9. The van der Waals surface area contributed by atoms with E-state index in [-0.39, 0.29) is 24.2 Å². The zero-order chi connectivity index (χ0) is 19.1. The van der Waals surface area contributed by atoms with Crippen LogP contribution in [0.5, 0.6) is 5.75 Å². The van der Waals surface area contributed by atoms with E-state index in [0.717, 1.165) is 24.2 Å². The van der Waals surface area contributed by atoms with Crippen LogP contribution in [0.1, 0.15) is 17.2 Å². The van der Waals surface area contributed by atoms with Gasteiger partial charge in [-0.3, -0.25) is 9.69 Å². The van der Waals surface area contributed by atoms with Crippen molar-refractivity contribution in [3.63, 3.8) is 0 Å². The summed E-state index contributed by atoms with van der Waals surface area (Å²) in [7, 11) is 1.60. The molecule has 3 rings (SSSR count). The summed E-state index contributed by atoms with van der Waals surface area (Å²) in [5, 5.41) is 3.02. The summed E-state index contributed by atoms with van der Waals surface area (Å²) < 4.78 is 24.0. The summed E-state index contributed by atoms with van der Waals surface area (Å²) in [6.07, 6.45) is 0.253. The molecule has 1 aliphatic heterocycles. The average molecular weight is 372 g/mol. The second-order valence-electron chi connectivity index (χ2n) is 6.51. The van der Waals surface area contributed by atoms with Gasteiger partial charge in [0, 0.05) is 25.2 Å². The predicted octanol–water partition coefficient (Wildman–Crippen LogP) is 2.57. The van der Waals surface area contributed by atoms with E-state index in [9.17, 15) is 9.18 Å². The number of benzene rings is 2. The number of carbonyl (C=O) groups is 1. The molecule has 1 atom stereocenters. The first-order chi connectivity index (χ1) is 13.2. The number of ether oxygens (including phenoxy) is 2. The molecule has 0 spiro atoms. The van der Waals surface area contributed by atoms with Crippen LogP contribution in [0.25, 0.3) is 0 Å². The molecule has 2 aromatic carbocycles. The number of halogens is 1. The fourth-order valence-corrected chi connectivity index (χ4v) is 3.33. The molecule has 1 aliphatic rings. The van der Waals surface area contributed by atoms with Gasteiger partial charge in [0.05, 0.1) is 32.8 Å². The Bertz CT molecular complexity index is 745. The summed E-state index contributed by atoms with van der Waals surface area (Å²) >= 11 is 0. The average Bonchev–Trinajstić information content (AvgIpc) is 2.70. The second-order valence-corrected chi connectivity index (χ2v) is 6.51. The molecule has 1 fully saturated rings. The van der Waals surface area contributed by atoms with Crippen molar-refractivity contribution in [2.45, 2.75) is 12.5 Å². The molecule has 0 bridgehead atoms. The minimum Gasteiger partial charge on any atom is -0.496 e. The Morgan fingerprint density at radius 3 is 2.59 bits per heavy atom. The molecule has 6 heteroatoms. The van der Waals surface area contributed by atoms with Crippen molar-refractivity contribution < 1.29 is 18.7 Å². The number of methoxy groups -OCH3 is 1. The molecule has 1 unspecified atom stereocenters. The monoisotopic (exact) mass is 372 g/mol. The molecular weight excluding hydrogens is 347 g/mol. The molecule has 0 aromatic heterocycles. The maximum absolute atomic E-state index is 13.3. The SMILES string of the molecule is COc1ccccc1CC(=O)NCC(c1ccc(F)cc1)N1CCOCC1. The molecule has 0 saturated carbocycles. The van der Waals surface area contributed by atoms with Crippen LogP contribution in [0, 0.1) is 5.82 Å². The number of rotatable bonds is 7. The van der Waals surface area contributed by atoms with Crippen LogP contribution in [0.4, 0.5) is 4.39 Å². The Hall–Kier alpha value is -2.44. The lowest BCUT2D eigenvalue weighted by atomic mass is 10.0. The smallest absolute Gasteiger partial charge is 0.224 e. The molecular formula is C21H25FN2O3. The molecule has 0 radical (unpaired) electrons. The highest BCUT2D eigenvalue weighted by Gasteiger charge is 2.23. The van der Waals surface area contributed by atoms with E-state index in [1.165, 1.54) is 12.1 Å². The molecule has 2 aromatic rings. The van der Waals surface area contributed by atoms with E-state index in [1.807, 2.05) is 24.3 Å². The second kappa shape index (κ2) is 9.48. The summed E-state index contributed by atoms with van der Waals surface area (Å²) in [4.78, 5) is 14.7. The van der Waals surface area contributed by atoms with E-state index in [4.69, 9.17) is 9.47 Å². The number of morpholine rings is 1. The van der Waals surface area contributed by atoms with Gasteiger partial charge in [0.2, 0.25) is 5.91 Å². The van der Waals surface area contributed by atoms with Crippen molar-refractivity contribution in [1.29, 1.82) is 0 Å². The lowest BCUT2D eigenvalue weighted by Gasteiger charge is -2.35. The van der Waals surface area contributed by atoms with Crippen molar-refractivity contribution in [1.82, 2.24) is 10.2 Å². The van der Waals surface area contributed by atoms with Gasteiger partial charge in [-0.15, -0.1) is 0 Å². The van der Waals surface area contributed by atoms with Gasteiger partial charge in [-0.2, -0.15) is 0 Å². The number of nitrogens with zero attached hydrogens (tertiary/aromatic N) is 1. The Kier molecular flexibility index (Phi) is 6.79. The van der Waals surface area contributed by atoms with Crippen molar-refractivity contribution in [2.24, 2.45) is 0 Å². The zero-order valence-corrected chi connectivity index (χ0v) is 15.5. The number of amides is 1. The minimum atomic E-state index is -0.264. The van der Waals surface area contributed by atoms with Crippen LogP contribution < -0.4 is 10.1 Å². The molecule has 1 N–H and O–H groups in total. The maximum atomic E-state index is 13.3. The van der Waals surface area contributed by atoms with Gasteiger partial charge >= 0.3 is 0 Å². The van der Waals surface area contributed by atoms with Gasteiger partial charge < -0.3 is 14.8 Å². The Balaban J connectivity index is 1.66. The van der Waals surface area contributed by atoms with Crippen molar-refractivity contribution >= 4 is 5.91 Å². The van der Waals surface area contributed by atoms with Gasteiger partial charge in [0.15, 0.2) is 0 Å². The first-order valence-electron chi connectivity index (χ1n) is 9.13. The molecule has 1 amide bonds. The third kappa shape index (κ3) is 5.28. The standard InChI is InChI=1S/C21H25FN2O3/c1-26-20-5-3-2-4-17(20)14-21(25)23-15-19(24-10-12-27-13-11-24)16-6-8-18(22)9-7-16/h2-9,19H,10-15H2,1H3,(H,23,25). The lowest BCUT2D eigenvalue weighted by Crippen LogP contribution is -2.44. The fraction of sp³-hybridized carbons (Fsp3) is 0.381. The Morgan fingerprint density at radius 2 is 1.89 bits per heavy atom. The summed E-state index contributed by atoms with van der Waals surface area (Å²) in [6.45, 7) is 3.34. The molecule has 5 nitrogen and oxygen atoms in total. The van der Waals surface area contributed by atoms with Gasteiger partial charge in [0.1, 0.15) is 11.6 Å². The van der Waals surface area contributed by atoms with Crippen molar-refractivity contribution in [2.75, 3.05) is 40.0 Å². The third-order valence-electron chi connectivity index (χ3n) is 4.78. The Labute approximate surface area is 159 Å². The van der Waals surface area contributed by atoms with E-state index < -0.39 is 0 Å². The molecule has 1 saturated heterocycles. The first kappa shape index (κ1) is 19.3. The summed E-state index contributed by atoms with van der Waals surface area (Å²) in [6, 6.07) is 14.0. The fourth-order valence-electron chi connectivity index (χ4n) is 3.33. The highest BCUT2D eigenvalue weighted by atomic mass is 19.1. The van der Waals surface area contributed by atoms with E-state index in [1.54, 1.807) is 19.2 Å². The lowest BCUT2D eigenvalue weighted by molar-refractivity contribution is -0.120. The number of carbonyl (C=O) groups excluding carboxylic acids is 1. The van der Waals surface area contributed by atoms with E-state index in [2.05, 4.69) is 10.2 Å². The highest BCUT2D eigenvalue weighted by Crippen LogP contribution is 2.22. The number of hydrogen-bond acceptors (Lipinski definition) is 4. The van der Waals surface area contributed by atoms with Crippen LogP contribution in [-0.4, -0.2) is 50.8 Å². The first-order valence-corrected chi connectivity index (χ1v) is 9.13. The van der Waals surface area contributed by atoms with Crippen LogP contribution >= 0.6 is 0 Å². The van der Waals surface area contributed by atoms with Crippen LogP contribution in [-0.2, 0) is 16.0 Å². The maximum Gasteiger partial charge on any atom is 0.224 e. The molecule has 144 valence electrons. The van der Waals surface area contributed by atoms with Gasteiger partial charge in [-0.1, -0.05) is 30.3 Å². The summed E-state index contributed by atoms with van der Waals surface area (Å²) in [5.41, 5.74) is 1.83. The summed E-state index contributed by atoms with van der Waals surface area (Å²) in [5.74, 6) is 0.371. The Morgan fingerprint density at radius 1 is 1.19 bits per heavy atom. The van der Waals surface area contributed by atoms with Gasteiger partial charge in [-0.25, -0.2) is 4.39 Å². The van der Waals surface area contributed by atoms with Crippen LogP contribution in [0.2, 0.25) is 0 Å². The largest absolute Gasteiger partial charge is 0.496 e. The molecule has 0 aliphatic carbocycles. The minimum absolute atomic E-state index is 0.0175. The van der Waals surface area contributed by atoms with Crippen molar-refractivity contribution in [3.8, 4) is 5.75 Å². The van der Waals surface area contributed by atoms with Gasteiger partial charge in [0.25, 0.3) is 0 Å². The molecule has 1 heterocycles. The van der Waals surface area contributed by atoms with E-state index >= 15 is 0 Å². The number of hydrogen-bond donors (Lipinski definition) is 1. The number of para-hydroxylation sites is 1. The van der Waals surface area contributed by atoms with E-state index in [0.29, 0.717) is 25.5 Å².